The second kappa shape index (κ2) is 7.01. The maximum absolute atomic E-state index is 6.19. The SMILES string of the molecule is COc1cc(Br)c(Cl)c(Br)c1Oc1ccc(Br)cc1Br. The minimum atomic E-state index is 0.517. The fraction of sp³-hybridized carbons (Fsp3) is 0.0769. The molecule has 0 bridgehead atoms. The molecule has 0 saturated carbocycles. The van der Waals surface area contributed by atoms with Gasteiger partial charge < -0.3 is 9.47 Å². The van der Waals surface area contributed by atoms with Crippen molar-refractivity contribution in [2.75, 3.05) is 7.11 Å². The van der Waals surface area contributed by atoms with Crippen molar-refractivity contribution in [3.05, 3.63) is 47.2 Å². The van der Waals surface area contributed by atoms with Gasteiger partial charge in [-0.25, -0.2) is 0 Å². The Balaban J connectivity index is 2.50. The zero-order valence-electron chi connectivity index (χ0n) is 10.0. The van der Waals surface area contributed by atoms with E-state index >= 15 is 0 Å². The summed E-state index contributed by atoms with van der Waals surface area (Å²) < 4.78 is 14.4. The Morgan fingerprint density at radius 2 is 1.65 bits per heavy atom. The Kier molecular flexibility index (Phi) is 5.82. The number of benzene rings is 2. The molecule has 0 spiro atoms. The maximum Gasteiger partial charge on any atom is 0.185 e. The van der Waals surface area contributed by atoms with Gasteiger partial charge in [0.2, 0.25) is 0 Å². The Labute approximate surface area is 155 Å². The Hall–Kier alpha value is 0.250. The van der Waals surface area contributed by atoms with E-state index in [9.17, 15) is 0 Å². The Bertz CT molecular complexity index is 661. The summed E-state index contributed by atoms with van der Waals surface area (Å²) in [6.45, 7) is 0. The highest BCUT2D eigenvalue weighted by Gasteiger charge is 2.18. The van der Waals surface area contributed by atoms with Crippen molar-refractivity contribution in [1.29, 1.82) is 0 Å². The molecule has 7 heteroatoms. The minimum absolute atomic E-state index is 0.517. The van der Waals surface area contributed by atoms with Gasteiger partial charge in [-0.3, -0.25) is 0 Å². The van der Waals surface area contributed by atoms with E-state index in [2.05, 4.69) is 63.7 Å². The van der Waals surface area contributed by atoms with E-state index in [-0.39, 0.29) is 0 Å². The molecule has 0 unspecified atom stereocenters. The molecule has 2 rings (SSSR count). The van der Waals surface area contributed by atoms with Crippen LogP contribution in [0.2, 0.25) is 5.02 Å². The average Bonchev–Trinajstić information content (AvgIpc) is 2.41. The van der Waals surface area contributed by atoms with E-state index in [1.54, 1.807) is 13.2 Å². The molecular formula is C13H7Br4ClO2. The molecule has 0 heterocycles. The van der Waals surface area contributed by atoms with Gasteiger partial charge in [0.25, 0.3) is 0 Å². The predicted molar refractivity (Wildman–Crippen MR) is 95.3 cm³/mol. The zero-order chi connectivity index (χ0) is 14.9. The second-order valence-corrected chi connectivity index (χ2v) is 7.49. The molecular weight excluding hydrogens is 543 g/mol. The number of hydrogen-bond donors (Lipinski definition) is 0. The molecule has 2 aromatic rings. The van der Waals surface area contributed by atoms with Crippen molar-refractivity contribution in [2.24, 2.45) is 0 Å². The van der Waals surface area contributed by atoms with Gasteiger partial charge in [0.1, 0.15) is 5.75 Å². The van der Waals surface area contributed by atoms with Crippen LogP contribution in [0.5, 0.6) is 17.2 Å². The minimum Gasteiger partial charge on any atom is -0.493 e. The van der Waals surface area contributed by atoms with Gasteiger partial charge in [0, 0.05) is 8.95 Å². The van der Waals surface area contributed by atoms with Crippen LogP contribution < -0.4 is 9.47 Å². The number of hydrogen-bond acceptors (Lipinski definition) is 2. The van der Waals surface area contributed by atoms with Crippen molar-refractivity contribution in [3.8, 4) is 17.2 Å². The van der Waals surface area contributed by atoms with E-state index in [0.29, 0.717) is 26.7 Å². The van der Waals surface area contributed by atoms with Crippen LogP contribution in [-0.2, 0) is 0 Å². The lowest BCUT2D eigenvalue weighted by atomic mass is 10.3. The number of ether oxygens (including phenoxy) is 2. The molecule has 0 saturated heterocycles. The van der Waals surface area contributed by atoms with Gasteiger partial charge in [0.15, 0.2) is 11.5 Å². The van der Waals surface area contributed by atoms with Crippen LogP contribution in [0.15, 0.2) is 42.2 Å². The van der Waals surface area contributed by atoms with Gasteiger partial charge >= 0.3 is 0 Å². The molecule has 2 aromatic carbocycles. The lowest BCUT2D eigenvalue weighted by molar-refractivity contribution is 0.376. The van der Waals surface area contributed by atoms with Crippen LogP contribution in [0.25, 0.3) is 0 Å². The van der Waals surface area contributed by atoms with E-state index < -0.39 is 0 Å². The highest BCUT2D eigenvalue weighted by molar-refractivity contribution is 9.11. The van der Waals surface area contributed by atoms with Gasteiger partial charge in [-0.15, -0.1) is 0 Å². The Morgan fingerprint density at radius 3 is 2.25 bits per heavy atom. The van der Waals surface area contributed by atoms with Gasteiger partial charge in [-0.05, 0) is 72.1 Å². The normalized spacial score (nSPS) is 10.5. The first-order chi connectivity index (χ1) is 9.43. The first-order valence-electron chi connectivity index (χ1n) is 5.28. The number of rotatable bonds is 3. The molecule has 0 aliphatic heterocycles. The predicted octanol–water partition coefficient (Wildman–Crippen LogP) is 7.19. The third-order valence-electron chi connectivity index (χ3n) is 2.41. The fourth-order valence-electron chi connectivity index (χ4n) is 1.47. The third-order valence-corrected chi connectivity index (χ3v) is 5.75. The van der Waals surface area contributed by atoms with Gasteiger partial charge in [-0.2, -0.15) is 0 Å². The average molecular weight is 550 g/mol. The van der Waals surface area contributed by atoms with Crippen LogP contribution >= 0.6 is 75.3 Å². The number of methoxy groups -OCH3 is 1. The van der Waals surface area contributed by atoms with Crippen LogP contribution in [0, 0.1) is 0 Å². The highest BCUT2D eigenvalue weighted by atomic mass is 79.9. The van der Waals surface area contributed by atoms with Gasteiger partial charge in [-0.1, -0.05) is 27.5 Å². The molecule has 0 N–H and O–H groups in total. The van der Waals surface area contributed by atoms with Crippen molar-refractivity contribution in [1.82, 2.24) is 0 Å². The fourth-order valence-corrected chi connectivity index (χ4v) is 3.90. The summed E-state index contributed by atoms with van der Waals surface area (Å²) in [6.07, 6.45) is 0. The molecule has 20 heavy (non-hydrogen) atoms. The molecule has 0 aliphatic carbocycles. The molecule has 0 aromatic heterocycles. The largest absolute Gasteiger partial charge is 0.493 e. The van der Waals surface area contributed by atoms with Crippen LogP contribution in [0.3, 0.4) is 0 Å². The molecule has 0 amide bonds. The van der Waals surface area contributed by atoms with E-state index in [4.69, 9.17) is 21.1 Å². The zero-order valence-corrected chi connectivity index (χ0v) is 17.1. The lowest BCUT2D eigenvalue weighted by Gasteiger charge is -2.15. The summed E-state index contributed by atoms with van der Waals surface area (Å²) in [5.41, 5.74) is 0. The molecule has 0 aliphatic rings. The summed E-state index contributed by atoms with van der Waals surface area (Å²) >= 11 is 19.8. The van der Waals surface area contributed by atoms with Crippen molar-refractivity contribution < 1.29 is 9.47 Å². The third kappa shape index (κ3) is 3.53. The van der Waals surface area contributed by atoms with Crippen LogP contribution in [-0.4, -0.2) is 7.11 Å². The van der Waals surface area contributed by atoms with Crippen molar-refractivity contribution >= 4 is 75.3 Å². The monoisotopic (exact) mass is 546 g/mol. The van der Waals surface area contributed by atoms with Crippen molar-refractivity contribution in [2.45, 2.75) is 0 Å². The van der Waals surface area contributed by atoms with Crippen LogP contribution in [0.1, 0.15) is 0 Å². The summed E-state index contributed by atoms with van der Waals surface area (Å²) in [6, 6.07) is 7.39. The summed E-state index contributed by atoms with van der Waals surface area (Å²) in [4.78, 5) is 0. The standard InChI is InChI=1S/C13H7Br4ClO2/c1-19-10-5-8(16)12(18)11(17)13(10)20-9-3-2-6(14)4-7(9)15/h2-5H,1H3. The smallest absolute Gasteiger partial charge is 0.185 e. The molecule has 0 fully saturated rings. The first kappa shape index (κ1) is 16.6. The van der Waals surface area contributed by atoms with Crippen LogP contribution in [0.4, 0.5) is 0 Å². The molecule has 0 radical (unpaired) electrons. The van der Waals surface area contributed by atoms with E-state index in [1.807, 2.05) is 18.2 Å². The topological polar surface area (TPSA) is 18.5 Å². The summed E-state index contributed by atoms with van der Waals surface area (Å²) in [5, 5.41) is 0.522. The first-order valence-corrected chi connectivity index (χ1v) is 8.83. The van der Waals surface area contributed by atoms with Gasteiger partial charge in [0.05, 0.1) is 21.1 Å². The molecule has 106 valence electrons. The maximum atomic E-state index is 6.19. The highest BCUT2D eigenvalue weighted by Crippen LogP contribution is 2.47. The van der Waals surface area contributed by atoms with E-state index in [0.717, 1.165) is 13.4 Å². The molecule has 2 nitrogen and oxygen atoms in total. The second-order valence-electron chi connectivity index (χ2n) is 3.69. The summed E-state index contributed by atoms with van der Waals surface area (Å²) in [5.74, 6) is 1.75. The Morgan fingerprint density at radius 1 is 0.950 bits per heavy atom. The summed E-state index contributed by atoms with van der Waals surface area (Å²) in [7, 11) is 1.58. The quantitative estimate of drug-likeness (QED) is 0.377. The molecule has 0 atom stereocenters. The van der Waals surface area contributed by atoms with E-state index in [1.165, 1.54) is 0 Å². The number of halogens is 5. The lowest BCUT2D eigenvalue weighted by Crippen LogP contribution is -1.93. The van der Waals surface area contributed by atoms with Crippen molar-refractivity contribution in [3.63, 3.8) is 0 Å².